The summed E-state index contributed by atoms with van der Waals surface area (Å²) in [6, 6.07) is 4.45. The molecule has 1 N–H and O–H groups in total. The van der Waals surface area contributed by atoms with Crippen molar-refractivity contribution in [2.75, 3.05) is 18.1 Å². The van der Waals surface area contributed by atoms with Gasteiger partial charge in [-0.05, 0) is 18.6 Å². The molecular weight excluding hydrogens is 204 g/mol. The highest BCUT2D eigenvalue weighted by Gasteiger charge is 2.02. The smallest absolute Gasteiger partial charge is 0.0315 e. The first kappa shape index (κ1) is 12.3. The number of hydrogen-bond acceptors (Lipinski definition) is 3. The van der Waals surface area contributed by atoms with Gasteiger partial charge < -0.3 is 5.32 Å². The highest BCUT2D eigenvalue weighted by molar-refractivity contribution is 7.99. The van der Waals surface area contributed by atoms with Crippen molar-refractivity contribution in [1.29, 1.82) is 0 Å². The number of hydrogen-bond donors (Lipinski definition) is 1. The van der Waals surface area contributed by atoms with Crippen LogP contribution in [-0.2, 0) is 0 Å². The molecule has 15 heavy (non-hydrogen) atoms. The van der Waals surface area contributed by atoms with Crippen molar-refractivity contribution in [3.8, 4) is 0 Å². The van der Waals surface area contributed by atoms with Crippen molar-refractivity contribution >= 4 is 11.8 Å². The quantitative estimate of drug-likeness (QED) is 0.567. The molecule has 0 spiro atoms. The molecule has 0 aromatic carbocycles. The third kappa shape index (κ3) is 5.00. The lowest BCUT2D eigenvalue weighted by Crippen LogP contribution is -2.21. The van der Waals surface area contributed by atoms with Crippen molar-refractivity contribution < 1.29 is 0 Å². The highest BCUT2D eigenvalue weighted by atomic mass is 32.2. The van der Waals surface area contributed by atoms with Gasteiger partial charge in [0.25, 0.3) is 0 Å². The highest BCUT2D eigenvalue weighted by Crippen LogP contribution is 2.09. The van der Waals surface area contributed by atoms with Crippen molar-refractivity contribution in [3.63, 3.8) is 0 Å². The number of pyridine rings is 1. The van der Waals surface area contributed by atoms with Crippen molar-refractivity contribution in [2.24, 2.45) is 0 Å². The van der Waals surface area contributed by atoms with Gasteiger partial charge in [0.1, 0.15) is 0 Å². The standard InChI is InChI=1S/C12H18N2S/c1-3-8-15-9-7-14-11(2)12-5-4-6-13-10-12/h3-6,10-11,14H,1,7-9H2,2H3. The molecule has 0 amide bonds. The van der Waals surface area contributed by atoms with Crippen molar-refractivity contribution in [2.45, 2.75) is 13.0 Å². The van der Waals surface area contributed by atoms with Crippen LogP contribution in [0.1, 0.15) is 18.5 Å². The summed E-state index contributed by atoms with van der Waals surface area (Å²) in [5.41, 5.74) is 1.24. The molecule has 82 valence electrons. The molecule has 1 aromatic heterocycles. The molecule has 0 radical (unpaired) electrons. The summed E-state index contributed by atoms with van der Waals surface area (Å²) in [7, 11) is 0. The zero-order chi connectivity index (χ0) is 10.9. The maximum atomic E-state index is 4.10. The Morgan fingerprint density at radius 1 is 1.67 bits per heavy atom. The van der Waals surface area contributed by atoms with Gasteiger partial charge in [-0.25, -0.2) is 0 Å². The zero-order valence-corrected chi connectivity index (χ0v) is 9.96. The van der Waals surface area contributed by atoms with Gasteiger partial charge in [0, 0.05) is 36.5 Å². The number of thioether (sulfide) groups is 1. The lowest BCUT2D eigenvalue weighted by Gasteiger charge is -2.13. The SMILES string of the molecule is C=CCSCCNC(C)c1cccnc1. The average molecular weight is 222 g/mol. The van der Waals surface area contributed by atoms with Gasteiger partial charge in [0.15, 0.2) is 0 Å². The van der Waals surface area contributed by atoms with Crippen LogP contribution in [0.4, 0.5) is 0 Å². The molecule has 0 aliphatic heterocycles. The number of nitrogens with zero attached hydrogens (tertiary/aromatic N) is 1. The van der Waals surface area contributed by atoms with Gasteiger partial charge in [-0.1, -0.05) is 12.1 Å². The number of rotatable bonds is 7. The van der Waals surface area contributed by atoms with E-state index in [1.165, 1.54) is 5.56 Å². The molecule has 1 unspecified atom stereocenters. The molecule has 0 fully saturated rings. The fraction of sp³-hybridized carbons (Fsp3) is 0.417. The molecule has 0 aliphatic rings. The van der Waals surface area contributed by atoms with Gasteiger partial charge >= 0.3 is 0 Å². The van der Waals surface area contributed by atoms with Crippen LogP contribution in [0, 0.1) is 0 Å². The van der Waals surface area contributed by atoms with E-state index in [0.29, 0.717) is 6.04 Å². The van der Waals surface area contributed by atoms with Gasteiger partial charge in [-0.15, -0.1) is 6.58 Å². The minimum Gasteiger partial charge on any atom is -0.309 e. The Labute approximate surface area is 96.2 Å². The maximum Gasteiger partial charge on any atom is 0.0315 e. The van der Waals surface area contributed by atoms with E-state index < -0.39 is 0 Å². The van der Waals surface area contributed by atoms with Crippen LogP contribution in [0.15, 0.2) is 37.2 Å². The molecule has 0 bridgehead atoms. The van der Waals surface area contributed by atoms with E-state index in [0.717, 1.165) is 18.1 Å². The van der Waals surface area contributed by atoms with E-state index in [4.69, 9.17) is 0 Å². The molecule has 2 nitrogen and oxygen atoms in total. The van der Waals surface area contributed by atoms with E-state index in [1.54, 1.807) is 6.20 Å². The summed E-state index contributed by atoms with van der Waals surface area (Å²) in [5.74, 6) is 2.15. The monoisotopic (exact) mass is 222 g/mol. The lowest BCUT2D eigenvalue weighted by molar-refractivity contribution is 0.599. The van der Waals surface area contributed by atoms with Crippen LogP contribution < -0.4 is 5.32 Å². The number of aromatic nitrogens is 1. The summed E-state index contributed by atoms with van der Waals surface area (Å²) >= 11 is 1.89. The van der Waals surface area contributed by atoms with E-state index in [-0.39, 0.29) is 0 Å². The predicted molar refractivity (Wildman–Crippen MR) is 68.2 cm³/mol. The van der Waals surface area contributed by atoms with Crippen LogP contribution in [0.2, 0.25) is 0 Å². The van der Waals surface area contributed by atoms with Crippen LogP contribution in [0.3, 0.4) is 0 Å². The Bertz CT molecular complexity index is 274. The van der Waals surface area contributed by atoms with E-state index in [1.807, 2.05) is 30.1 Å². The van der Waals surface area contributed by atoms with Gasteiger partial charge in [0.05, 0.1) is 0 Å². The molecule has 1 atom stereocenters. The first-order valence-electron chi connectivity index (χ1n) is 5.16. The summed E-state index contributed by atoms with van der Waals surface area (Å²) in [5, 5.41) is 3.46. The Balaban J connectivity index is 2.19. The van der Waals surface area contributed by atoms with Gasteiger partial charge in [-0.3, -0.25) is 4.98 Å². The lowest BCUT2D eigenvalue weighted by atomic mass is 10.1. The summed E-state index contributed by atoms with van der Waals surface area (Å²) < 4.78 is 0. The van der Waals surface area contributed by atoms with Crippen LogP contribution >= 0.6 is 11.8 Å². The third-order valence-corrected chi connectivity index (χ3v) is 3.08. The molecule has 0 saturated heterocycles. The second kappa shape index (κ2) is 7.49. The van der Waals surface area contributed by atoms with Crippen LogP contribution in [-0.4, -0.2) is 23.0 Å². The third-order valence-electron chi connectivity index (χ3n) is 2.12. The summed E-state index contributed by atoms with van der Waals surface area (Å²) in [6.07, 6.45) is 5.65. The fourth-order valence-electron chi connectivity index (χ4n) is 1.26. The Morgan fingerprint density at radius 2 is 2.53 bits per heavy atom. The average Bonchev–Trinajstić information content (AvgIpc) is 2.30. The molecule has 3 heteroatoms. The molecule has 1 rings (SSSR count). The van der Waals surface area contributed by atoms with Crippen molar-refractivity contribution in [3.05, 3.63) is 42.7 Å². The Morgan fingerprint density at radius 3 is 3.20 bits per heavy atom. The second-order valence-electron chi connectivity index (χ2n) is 3.33. The van der Waals surface area contributed by atoms with Crippen LogP contribution in [0.5, 0.6) is 0 Å². The van der Waals surface area contributed by atoms with E-state index in [2.05, 4.69) is 29.9 Å². The topological polar surface area (TPSA) is 24.9 Å². The van der Waals surface area contributed by atoms with Gasteiger partial charge in [0.2, 0.25) is 0 Å². The predicted octanol–water partition coefficient (Wildman–Crippen LogP) is 2.65. The Kier molecular flexibility index (Phi) is 6.12. The molecule has 1 aromatic rings. The minimum atomic E-state index is 0.378. The molecule has 0 saturated carbocycles. The summed E-state index contributed by atoms with van der Waals surface area (Å²) in [4.78, 5) is 4.10. The zero-order valence-electron chi connectivity index (χ0n) is 9.15. The maximum absolute atomic E-state index is 4.10. The number of nitrogens with one attached hydrogen (secondary N) is 1. The van der Waals surface area contributed by atoms with Gasteiger partial charge in [-0.2, -0.15) is 11.8 Å². The largest absolute Gasteiger partial charge is 0.309 e. The fourth-order valence-corrected chi connectivity index (χ4v) is 1.86. The normalized spacial score (nSPS) is 12.3. The molecule has 0 aliphatic carbocycles. The van der Waals surface area contributed by atoms with E-state index in [9.17, 15) is 0 Å². The minimum absolute atomic E-state index is 0.378. The first-order valence-corrected chi connectivity index (χ1v) is 6.32. The van der Waals surface area contributed by atoms with Crippen LogP contribution in [0.25, 0.3) is 0 Å². The molecule has 1 heterocycles. The first-order chi connectivity index (χ1) is 7.34. The molecular formula is C12H18N2S. The summed E-state index contributed by atoms with van der Waals surface area (Å²) in [6.45, 7) is 6.88. The van der Waals surface area contributed by atoms with E-state index >= 15 is 0 Å². The Hall–Kier alpha value is -0.800. The van der Waals surface area contributed by atoms with Crippen molar-refractivity contribution in [1.82, 2.24) is 10.3 Å². The second-order valence-corrected chi connectivity index (χ2v) is 4.48.